The normalized spacial score (nSPS) is 17.0. The summed E-state index contributed by atoms with van der Waals surface area (Å²) in [7, 11) is 2.17. The van der Waals surface area contributed by atoms with Gasteiger partial charge in [-0.25, -0.2) is 19.1 Å². The van der Waals surface area contributed by atoms with Crippen molar-refractivity contribution in [2.45, 2.75) is 70.2 Å². The molecule has 3 saturated heterocycles. The van der Waals surface area contributed by atoms with Crippen molar-refractivity contribution in [3.63, 3.8) is 0 Å². The van der Waals surface area contributed by atoms with E-state index < -0.39 is 18.0 Å². The summed E-state index contributed by atoms with van der Waals surface area (Å²) in [5.74, 6) is -1.05. The number of carbonyl (C=O) groups excluding carboxylic acids is 4. The minimum absolute atomic E-state index is 0.0196. The summed E-state index contributed by atoms with van der Waals surface area (Å²) in [6.45, 7) is 7.75. The van der Waals surface area contributed by atoms with Crippen molar-refractivity contribution in [2.24, 2.45) is 0 Å². The Kier molecular flexibility index (Phi) is 14.7. The number of aromatic nitrogens is 3. The molecule has 3 aliphatic heterocycles. The Morgan fingerprint density at radius 1 is 0.754 bits per heavy atom. The number of hydrogen-bond donors (Lipinski definition) is 2. The lowest BCUT2D eigenvalue weighted by molar-refractivity contribution is -0.135. The van der Waals surface area contributed by atoms with E-state index in [2.05, 4.69) is 32.2 Å². The van der Waals surface area contributed by atoms with Crippen molar-refractivity contribution in [3.8, 4) is 0 Å². The third-order valence-electron chi connectivity index (χ3n) is 14.1. The van der Waals surface area contributed by atoms with Gasteiger partial charge in [0, 0.05) is 68.2 Å². The number of nitrogens with one attached hydrogen (secondary N) is 2. The number of para-hydroxylation sites is 1. The zero-order valence-electron chi connectivity index (χ0n) is 39.2. The standard InChI is InChI=1S/C53H59ClN8O7/c1-35-27-38(29-43-32-55-62(48(35)43)34-69-52(66)41-13-9-37(10-14-41)28-36-7-11-40(12-8-36)51(65)68-33-54)30-47(50(64)60-25-23-59(24-26-60)44-17-19-58(2)20-18-44)57-53(67)61-21-15-39(16-22-61)45-31-42-5-3-4-6-46(42)56-49(45)63/h3-14,27,29,31-32,39,44,47H,15-26,28,30,33-34H2,1-2H3,(H,56,63)(H,57,67)/t47-/m1/s1. The van der Waals surface area contributed by atoms with E-state index in [1.165, 1.54) is 0 Å². The Bertz CT molecular complexity index is 2860. The van der Waals surface area contributed by atoms with E-state index in [1.807, 2.05) is 78.6 Å². The average Bonchev–Trinajstić information content (AvgIpc) is 3.79. The first-order chi connectivity index (χ1) is 33.5. The number of amides is 3. The average molecular weight is 956 g/mol. The first-order valence-corrected chi connectivity index (χ1v) is 24.4. The number of piperidine rings is 2. The highest BCUT2D eigenvalue weighted by molar-refractivity contribution is 6.17. The predicted molar refractivity (Wildman–Crippen MR) is 265 cm³/mol. The van der Waals surface area contributed by atoms with Crippen molar-refractivity contribution in [1.29, 1.82) is 0 Å². The van der Waals surface area contributed by atoms with Crippen molar-refractivity contribution in [3.05, 3.63) is 146 Å². The molecule has 6 aromatic rings. The van der Waals surface area contributed by atoms with E-state index in [-0.39, 0.29) is 42.6 Å². The Balaban J connectivity index is 0.848. The van der Waals surface area contributed by atoms with Gasteiger partial charge < -0.3 is 34.5 Å². The molecule has 3 aliphatic rings. The van der Waals surface area contributed by atoms with Crippen LogP contribution in [-0.4, -0.2) is 136 Å². The number of rotatable bonds is 13. The molecular formula is C53H59ClN8O7. The van der Waals surface area contributed by atoms with Crippen LogP contribution < -0.4 is 10.9 Å². The monoisotopic (exact) mass is 954 g/mol. The molecule has 69 heavy (non-hydrogen) atoms. The molecule has 16 heteroatoms. The number of urea groups is 1. The zero-order valence-corrected chi connectivity index (χ0v) is 40.0. The van der Waals surface area contributed by atoms with E-state index in [4.69, 9.17) is 21.1 Å². The number of alkyl halides is 1. The molecule has 0 unspecified atom stereocenters. The van der Waals surface area contributed by atoms with Crippen LogP contribution in [0.3, 0.4) is 0 Å². The molecular weight excluding hydrogens is 896 g/mol. The summed E-state index contributed by atoms with van der Waals surface area (Å²) in [6.07, 6.45) is 6.15. The molecule has 0 radical (unpaired) electrons. The van der Waals surface area contributed by atoms with Gasteiger partial charge in [-0.1, -0.05) is 60.1 Å². The molecule has 0 spiro atoms. The van der Waals surface area contributed by atoms with Gasteiger partial charge >= 0.3 is 18.0 Å². The number of ether oxygens (including phenoxy) is 2. The lowest BCUT2D eigenvalue weighted by atomic mass is 9.89. The lowest BCUT2D eigenvalue weighted by Crippen LogP contribution is -2.59. The molecule has 9 rings (SSSR count). The minimum atomic E-state index is -0.805. The molecule has 15 nitrogen and oxygen atoms in total. The minimum Gasteiger partial charge on any atom is -0.446 e. The number of pyridine rings is 1. The maximum atomic E-state index is 14.5. The molecule has 2 aromatic heterocycles. The summed E-state index contributed by atoms with van der Waals surface area (Å²) in [5, 5.41) is 9.54. The van der Waals surface area contributed by atoms with Gasteiger partial charge in [0.05, 0.1) is 22.8 Å². The summed E-state index contributed by atoms with van der Waals surface area (Å²) in [4.78, 5) is 78.4. The first-order valence-electron chi connectivity index (χ1n) is 23.9. The lowest BCUT2D eigenvalue weighted by Gasteiger charge is -2.43. The summed E-state index contributed by atoms with van der Waals surface area (Å²) < 4.78 is 12.2. The number of carbonyl (C=O) groups is 4. The number of hydrogen-bond acceptors (Lipinski definition) is 10. The van der Waals surface area contributed by atoms with Crippen LogP contribution in [0, 0.1) is 6.92 Å². The molecule has 5 heterocycles. The molecule has 3 amide bonds. The Morgan fingerprint density at radius 3 is 2.07 bits per heavy atom. The van der Waals surface area contributed by atoms with Crippen molar-refractivity contribution >= 4 is 57.3 Å². The third kappa shape index (κ3) is 11.2. The molecule has 3 fully saturated rings. The number of piperazine rings is 1. The fourth-order valence-corrected chi connectivity index (χ4v) is 10.4. The van der Waals surface area contributed by atoms with Crippen LogP contribution in [0.5, 0.6) is 0 Å². The maximum absolute atomic E-state index is 14.5. The second-order valence-electron chi connectivity index (χ2n) is 18.7. The highest BCUT2D eigenvalue weighted by Crippen LogP contribution is 2.28. The van der Waals surface area contributed by atoms with Crippen LogP contribution in [0.15, 0.2) is 102 Å². The largest absolute Gasteiger partial charge is 0.446 e. The highest BCUT2D eigenvalue weighted by Gasteiger charge is 2.34. The van der Waals surface area contributed by atoms with Gasteiger partial charge in [0.15, 0.2) is 12.8 Å². The van der Waals surface area contributed by atoms with E-state index in [1.54, 1.807) is 40.0 Å². The number of halogens is 1. The summed E-state index contributed by atoms with van der Waals surface area (Å²) >= 11 is 5.51. The van der Waals surface area contributed by atoms with Crippen LogP contribution in [0.25, 0.3) is 21.8 Å². The summed E-state index contributed by atoms with van der Waals surface area (Å²) in [6, 6.07) is 27.2. The van der Waals surface area contributed by atoms with Crippen LogP contribution >= 0.6 is 11.6 Å². The number of nitrogens with zero attached hydrogens (tertiary/aromatic N) is 6. The second kappa shape index (κ2) is 21.4. The van der Waals surface area contributed by atoms with Gasteiger partial charge in [-0.2, -0.15) is 5.10 Å². The van der Waals surface area contributed by atoms with Gasteiger partial charge in [0.2, 0.25) is 5.91 Å². The van der Waals surface area contributed by atoms with Gasteiger partial charge in [0.1, 0.15) is 6.04 Å². The first kappa shape index (κ1) is 47.5. The number of H-pyrrole nitrogens is 1. The number of fused-ring (bicyclic) bond motifs is 2. The number of aryl methyl sites for hydroxylation is 1. The van der Waals surface area contributed by atoms with Gasteiger partial charge in [0.25, 0.3) is 5.56 Å². The fraction of sp³-hybridized carbons (Fsp3) is 0.396. The molecule has 0 aliphatic carbocycles. The quantitative estimate of drug-likeness (QED) is 0.0944. The Labute approximate surface area is 406 Å². The van der Waals surface area contributed by atoms with Gasteiger partial charge in [-0.05, 0) is 135 Å². The topological polar surface area (TPSA) is 162 Å². The second-order valence-corrected chi connectivity index (χ2v) is 18.9. The van der Waals surface area contributed by atoms with Crippen molar-refractivity contribution < 1.29 is 28.7 Å². The number of likely N-dealkylation sites (tertiary alicyclic amines) is 2. The third-order valence-corrected chi connectivity index (χ3v) is 14.3. The van der Waals surface area contributed by atoms with Crippen LogP contribution in [-0.2, 0) is 33.8 Å². The number of benzene rings is 4. The molecule has 1 atom stereocenters. The molecule has 360 valence electrons. The van der Waals surface area contributed by atoms with Gasteiger partial charge in [-0.15, -0.1) is 0 Å². The van der Waals surface area contributed by atoms with E-state index >= 15 is 0 Å². The maximum Gasteiger partial charge on any atom is 0.339 e. The van der Waals surface area contributed by atoms with E-state index in [0.29, 0.717) is 62.6 Å². The van der Waals surface area contributed by atoms with Gasteiger partial charge in [-0.3, -0.25) is 14.5 Å². The molecule has 2 N–H and O–H groups in total. The zero-order chi connectivity index (χ0) is 48.0. The van der Waals surface area contributed by atoms with E-state index in [9.17, 15) is 24.0 Å². The number of aromatic amines is 1. The van der Waals surface area contributed by atoms with Crippen molar-refractivity contribution in [2.75, 3.05) is 65.5 Å². The fourth-order valence-electron chi connectivity index (χ4n) is 10.3. The number of esters is 2. The smallest absolute Gasteiger partial charge is 0.339 e. The van der Waals surface area contributed by atoms with Crippen LogP contribution in [0.1, 0.15) is 80.1 Å². The van der Waals surface area contributed by atoms with Crippen LogP contribution in [0.4, 0.5) is 4.79 Å². The molecule has 0 saturated carbocycles. The SMILES string of the molecule is Cc1cc(C[C@@H](NC(=O)N2CCC(c3cc4ccccc4[nH]c3=O)CC2)C(=O)N2CCN(C3CCN(C)CC3)CC2)cc2cnn(COC(=O)c3ccc(Cc4ccc(C(=O)OCCl)cc4)cc3)c12. The Morgan fingerprint density at radius 2 is 1.41 bits per heavy atom. The van der Waals surface area contributed by atoms with Crippen LogP contribution in [0.2, 0.25) is 0 Å². The molecule has 4 aromatic carbocycles. The predicted octanol–water partition coefficient (Wildman–Crippen LogP) is 6.68. The van der Waals surface area contributed by atoms with Crippen molar-refractivity contribution in [1.82, 2.24) is 39.7 Å². The van der Waals surface area contributed by atoms with E-state index in [0.717, 1.165) is 88.6 Å². The summed E-state index contributed by atoms with van der Waals surface area (Å²) in [5.41, 5.74) is 6.81. The molecule has 0 bridgehead atoms. The highest BCUT2D eigenvalue weighted by atomic mass is 35.5. The Hall–Kier alpha value is -6.55.